The van der Waals surface area contributed by atoms with Crippen LogP contribution >= 0.6 is 0 Å². The van der Waals surface area contributed by atoms with Crippen LogP contribution in [0.25, 0.3) is 11.1 Å². The van der Waals surface area contributed by atoms with Crippen LogP contribution in [0.5, 0.6) is 0 Å². The number of hydrogen-bond acceptors (Lipinski definition) is 5. The van der Waals surface area contributed by atoms with Crippen LogP contribution in [-0.2, 0) is 20.4 Å². The van der Waals surface area contributed by atoms with Crippen molar-refractivity contribution in [2.75, 3.05) is 6.61 Å². The van der Waals surface area contributed by atoms with Crippen molar-refractivity contribution in [1.82, 2.24) is 9.88 Å². The van der Waals surface area contributed by atoms with E-state index in [4.69, 9.17) is 8.84 Å². The molecule has 1 atom stereocenters. The monoisotopic (exact) mass is 422 g/mol. The number of nitrogens with zero attached hydrogens (tertiary/aromatic N) is 1. The predicted octanol–water partition coefficient (Wildman–Crippen LogP) is 3.28. The molecule has 1 fully saturated rings. The van der Waals surface area contributed by atoms with Gasteiger partial charge in [0, 0.05) is 13.0 Å². The lowest BCUT2D eigenvalue weighted by molar-refractivity contribution is -0.135. The summed E-state index contributed by atoms with van der Waals surface area (Å²) in [5.41, 5.74) is 0.418. The summed E-state index contributed by atoms with van der Waals surface area (Å²) in [6.07, 6.45) is 0.630. The van der Waals surface area contributed by atoms with E-state index in [0.717, 1.165) is 4.57 Å². The minimum absolute atomic E-state index is 0.0570. The van der Waals surface area contributed by atoms with Crippen molar-refractivity contribution in [1.29, 1.82) is 0 Å². The second-order valence-corrected chi connectivity index (χ2v) is 13.8. The predicted molar refractivity (Wildman–Crippen MR) is 109 cm³/mol. The Morgan fingerprint density at radius 2 is 1.97 bits per heavy atom. The van der Waals surface area contributed by atoms with Crippen molar-refractivity contribution in [3.63, 3.8) is 0 Å². The van der Waals surface area contributed by atoms with Gasteiger partial charge in [0.25, 0.3) is 0 Å². The third kappa shape index (κ3) is 4.06. The molecule has 0 aliphatic carbocycles. The third-order valence-corrected chi connectivity index (χ3v) is 10.5. The van der Waals surface area contributed by atoms with Crippen molar-refractivity contribution >= 4 is 31.2 Å². The second-order valence-electron chi connectivity index (χ2n) is 8.95. The fraction of sp³-hybridized carbons (Fsp3) is 0.550. The Balaban J connectivity index is 1.85. The van der Waals surface area contributed by atoms with Crippen LogP contribution in [0.15, 0.2) is 21.3 Å². The highest BCUT2D eigenvalue weighted by Crippen LogP contribution is 2.36. The molecule has 1 N–H and O–H groups in total. The molecule has 1 aromatic heterocycles. The van der Waals surface area contributed by atoms with Gasteiger partial charge in [-0.25, -0.2) is 9.18 Å². The molecule has 0 saturated carbocycles. The van der Waals surface area contributed by atoms with Crippen LogP contribution in [0.3, 0.4) is 0 Å². The first-order valence-corrected chi connectivity index (χ1v) is 12.6. The summed E-state index contributed by atoms with van der Waals surface area (Å²) >= 11 is 0. The standard InChI is InChI=1S/C20H27FN2O5Si/c1-20(2,3)29(4,5)27-11-10-12-6-7-13-17(16(12)21)28-19(26)23(13)14-8-9-15(24)22-18(14)25/h6-7,14H,8-11H2,1-5H3,(H,22,24,25). The summed E-state index contributed by atoms with van der Waals surface area (Å²) in [7, 11) is -1.94. The molecule has 1 aliphatic rings. The van der Waals surface area contributed by atoms with Gasteiger partial charge in [-0.2, -0.15) is 0 Å². The number of carbonyl (C=O) groups excluding carboxylic acids is 2. The Bertz CT molecular complexity index is 1020. The largest absolute Gasteiger partial charge is 0.420 e. The minimum atomic E-state index is -1.94. The molecular formula is C20H27FN2O5Si. The van der Waals surface area contributed by atoms with Crippen LogP contribution in [0.4, 0.5) is 4.39 Å². The molecule has 158 valence electrons. The lowest BCUT2D eigenvalue weighted by Gasteiger charge is -2.36. The van der Waals surface area contributed by atoms with Gasteiger partial charge in [-0.3, -0.25) is 19.5 Å². The number of imide groups is 1. The molecule has 1 aliphatic heterocycles. The third-order valence-electron chi connectivity index (χ3n) is 5.96. The summed E-state index contributed by atoms with van der Waals surface area (Å²) in [6, 6.07) is 2.27. The SMILES string of the molecule is CC(C)(C)[Si](C)(C)OCCc1ccc2c(oc(=O)n2C2CCC(=O)NC2=O)c1F. The number of fused-ring (bicyclic) bond motifs is 1. The Labute approximate surface area is 169 Å². The maximum Gasteiger partial charge on any atom is 0.420 e. The molecule has 2 heterocycles. The summed E-state index contributed by atoms with van der Waals surface area (Å²) in [4.78, 5) is 35.8. The van der Waals surface area contributed by atoms with Gasteiger partial charge >= 0.3 is 5.76 Å². The fourth-order valence-electron chi connectivity index (χ4n) is 3.16. The Morgan fingerprint density at radius 1 is 1.28 bits per heavy atom. The van der Waals surface area contributed by atoms with Gasteiger partial charge in [-0.15, -0.1) is 0 Å². The van der Waals surface area contributed by atoms with E-state index in [0.29, 0.717) is 18.6 Å². The Morgan fingerprint density at radius 3 is 2.59 bits per heavy atom. The zero-order chi connectivity index (χ0) is 21.6. The summed E-state index contributed by atoms with van der Waals surface area (Å²) in [6.45, 7) is 11.0. The van der Waals surface area contributed by atoms with Gasteiger partial charge in [0.2, 0.25) is 11.8 Å². The molecule has 1 saturated heterocycles. The maximum absolute atomic E-state index is 15.0. The van der Waals surface area contributed by atoms with Crippen LogP contribution < -0.4 is 11.1 Å². The normalized spacial score (nSPS) is 18.3. The maximum atomic E-state index is 15.0. The van der Waals surface area contributed by atoms with E-state index >= 15 is 0 Å². The second kappa shape index (κ2) is 7.53. The van der Waals surface area contributed by atoms with Gasteiger partial charge in [0.15, 0.2) is 19.7 Å². The van der Waals surface area contributed by atoms with Gasteiger partial charge in [-0.1, -0.05) is 26.8 Å². The number of benzene rings is 1. The summed E-state index contributed by atoms with van der Waals surface area (Å²) in [5, 5.41) is 2.26. The van der Waals surface area contributed by atoms with Gasteiger partial charge in [0.05, 0.1) is 5.52 Å². The molecule has 2 aromatic rings. The average molecular weight is 423 g/mol. The van der Waals surface area contributed by atoms with Crippen molar-refractivity contribution in [3.05, 3.63) is 34.1 Å². The highest BCUT2D eigenvalue weighted by Gasteiger charge is 2.37. The van der Waals surface area contributed by atoms with Crippen molar-refractivity contribution < 1.29 is 22.8 Å². The average Bonchev–Trinajstić information content (AvgIpc) is 2.93. The van der Waals surface area contributed by atoms with Crippen LogP contribution in [-0.4, -0.2) is 31.3 Å². The molecule has 29 heavy (non-hydrogen) atoms. The van der Waals surface area contributed by atoms with E-state index < -0.39 is 31.8 Å². The molecular weight excluding hydrogens is 395 g/mol. The number of oxazole rings is 1. The van der Waals surface area contributed by atoms with Crippen molar-refractivity contribution in [2.24, 2.45) is 0 Å². The summed E-state index contributed by atoms with van der Waals surface area (Å²) in [5.74, 6) is -2.41. The zero-order valence-corrected chi connectivity index (χ0v) is 18.4. The molecule has 0 spiro atoms. The highest BCUT2D eigenvalue weighted by atomic mass is 28.4. The van der Waals surface area contributed by atoms with E-state index in [9.17, 15) is 18.8 Å². The first kappa shape index (κ1) is 21.4. The molecule has 0 bridgehead atoms. The molecule has 9 heteroatoms. The summed E-state index contributed by atoms with van der Waals surface area (Å²) < 4.78 is 27.4. The van der Waals surface area contributed by atoms with Crippen molar-refractivity contribution in [3.8, 4) is 0 Å². The van der Waals surface area contributed by atoms with E-state index in [2.05, 4.69) is 39.2 Å². The number of amides is 2. The van der Waals surface area contributed by atoms with Crippen LogP contribution in [0.1, 0.15) is 45.2 Å². The topological polar surface area (TPSA) is 90.5 Å². The number of hydrogen-bond donors (Lipinski definition) is 1. The van der Waals surface area contributed by atoms with E-state index in [1.807, 2.05) is 0 Å². The van der Waals surface area contributed by atoms with E-state index in [1.165, 1.54) is 0 Å². The lowest BCUT2D eigenvalue weighted by Crippen LogP contribution is -2.43. The molecule has 2 amide bonds. The van der Waals surface area contributed by atoms with Gasteiger partial charge in [0.1, 0.15) is 6.04 Å². The lowest BCUT2D eigenvalue weighted by atomic mass is 10.1. The number of nitrogens with one attached hydrogen (secondary N) is 1. The molecule has 3 rings (SSSR count). The quantitative estimate of drug-likeness (QED) is 0.590. The Hall–Kier alpha value is -2.26. The number of aromatic nitrogens is 1. The first-order chi connectivity index (χ1) is 13.4. The van der Waals surface area contributed by atoms with Crippen LogP contribution in [0.2, 0.25) is 18.1 Å². The minimum Gasteiger partial charge on any atom is -0.416 e. The van der Waals surface area contributed by atoms with Gasteiger partial charge in [-0.05, 0) is 42.6 Å². The first-order valence-electron chi connectivity index (χ1n) is 9.72. The van der Waals surface area contributed by atoms with Gasteiger partial charge < -0.3 is 8.84 Å². The van der Waals surface area contributed by atoms with E-state index in [-0.39, 0.29) is 34.9 Å². The number of carbonyl (C=O) groups is 2. The molecule has 0 radical (unpaired) electrons. The molecule has 1 unspecified atom stereocenters. The Kier molecular flexibility index (Phi) is 5.57. The number of rotatable bonds is 5. The fourth-order valence-corrected chi connectivity index (χ4v) is 4.20. The molecule has 7 nitrogen and oxygen atoms in total. The van der Waals surface area contributed by atoms with Crippen molar-refractivity contribution in [2.45, 2.75) is 64.2 Å². The molecule has 1 aromatic carbocycles. The zero-order valence-electron chi connectivity index (χ0n) is 17.4. The smallest absolute Gasteiger partial charge is 0.416 e. The highest BCUT2D eigenvalue weighted by molar-refractivity contribution is 6.74. The van der Waals surface area contributed by atoms with Crippen LogP contribution in [0, 0.1) is 5.82 Å². The number of piperidine rings is 1. The van der Waals surface area contributed by atoms with E-state index in [1.54, 1.807) is 12.1 Å². The number of halogens is 1.